The second-order valence-corrected chi connectivity index (χ2v) is 4.99. The van der Waals surface area contributed by atoms with Gasteiger partial charge >= 0.3 is 0 Å². The minimum Gasteiger partial charge on any atom is -0.329 e. The fraction of sp³-hybridized carbons (Fsp3) is 0.571. The molecule has 0 spiro atoms. The highest BCUT2D eigenvalue weighted by Crippen LogP contribution is 2.33. The van der Waals surface area contributed by atoms with Crippen molar-refractivity contribution in [3.05, 3.63) is 35.4 Å². The fourth-order valence-electron chi connectivity index (χ4n) is 2.18. The number of hydrogen-bond donors (Lipinski definition) is 2. The maximum absolute atomic E-state index is 13.6. The summed E-state index contributed by atoms with van der Waals surface area (Å²) in [5.41, 5.74) is 6.09. The Labute approximate surface area is 107 Å². The van der Waals surface area contributed by atoms with Crippen LogP contribution in [0.5, 0.6) is 0 Å². The van der Waals surface area contributed by atoms with Crippen LogP contribution < -0.4 is 11.1 Å². The third-order valence-electron chi connectivity index (χ3n) is 3.45. The van der Waals surface area contributed by atoms with E-state index < -0.39 is 11.6 Å². The van der Waals surface area contributed by atoms with Gasteiger partial charge in [0.05, 0.1) is 0 Å². The van der Waals surface area contributed by atoms with Crippen LogP contribution in [0.15, 0.2) is 18.2 Å². The summed E-state index contributed by atoms with van der Waals surface area (Å²) < 4.78 is 26.4. The Morgan fingerprint density at radius 1 is 1.33 bits per heavy atom. The molecular formula is C14H20F2N2. The van der Waals surface area contributed by atoms with Gasteiger partial charge < -0.3 is 11.1 Å². The minimum absolute atomic E-state index is 0.232. The van der Waals surface area contributed by atoms with Gasteiger partial charge in [-0.25, -0.2) is 8.78 Å². The van der Waals surface area contributed by atoms with E-state index in [1.54, 1.807) is 0 Å². The molecule has 0 heterocycles. The summed E-state index contributed by atoms with van der Waals surface area (Å²) in [4.78, 5) is 0. The zero-order valence-corrected chi connectivity index (χ0v) is 10.5. The lowest BCUT2D eigenvalue weighted by molar-refractivity contribution is 0.484. The molecule has 1 aromatic rings. The SMILES string of the molecule is NCC(NCCCC1CC1)c1ccc(F)cc1F. The summed E-state index contributed by atoms with van der Waals surface area (Å²) in [6.45, 7) is 1.14. The van der Waals surface area contributed by atoms with Crippen LogP contribution in [0.4, 0.5) is 8.78 Å². The summed E-state index contributed by atoms with van der Waals surface area (Å²) in [6, 6.07) is 3.41. The van der Waals surface area contributed by atoms with E-state index in [1.165, 1.54) is 31.4 Å². The molecule has 4 heteroatoms. The van der Waals surface area contributed by atoms with Crippen molar-refractivity contribution in [3.63, 3.8) is 0 Å². The van der Waals surface area contributed by atoms with Gasteiger partial charge in [0.15, 0.2) is 0 Å². The first-order chi connectivity index (χ1) is 8.70. The van der Waals surface area contributed by atoms with E-state index in [2.05, 4.69) is 5.32 Å². The van der Waals surface area contributed by atoms with Crippen molar-refractivity contribution >= 4 is 0 Å². The number of halogens is 2. The van der Waals surface area contributed by atoms with Crippen molar-refractivity contribution < 1.29 is 8.78 Å². The molecular weight excluding hydrogens is 234 g/mol. The third kappa shape index (κ3) is 3.75. The first-order valence-corrected chi connectivity index (χ1v) is 6.59. The van der Waals surface area contributed by atoms with Crippen molar-refractivity contribution in [2.75, 3.05) is 13.1 Å². The smallest absolute Gasteiger partial charge is 0.130 e. The van der Waals surface area contributed by atoms with E-state index in [0.29, 0.717) is 12.1 Å². The van der Waals surface area contributed by atoms with Crippen LogP contribution in [0.3, 0.4) is 0 Å². The molecule has 0 amide bonds. The topological polar surface area (TPSA) is 38.0 Å². The fourth-order valence-corrected chi connectivity index (χ4v) is 2.18. The van der Waals surface area contributed by atoms with Crippen LogP contribution >= 0.6 is 0 Å². The second kappa shape index (κ2) is 6.25. The Kier molecular flexibility index (Phi) is 4.66. The van der Waals surface area contributed by atoms with Crippen molar-refractivity contribution in [1.29, 1.82) is 0 Å². The summed E-state index contributed by atoms with van der Waals surface area (Å²) in [5, 5.41) is 3.24. The molecule has 1 aliphatic rings. The average molecular weight is 254 g/mol. The molecule has 3 N–H and O–H groups in total. The highest BCUT2D eigenvalue weighted by molar-refractivity contribution is 5.22. The first-order valence-electron chi connectivity index (χ1n) is 6.59. The van der Waals surface area contributed by atoms with Gasteiger partial charge in [-0.15, -0.1) is 0 Å². The van der Waals surface area contributed by atoms with Crippen molar-refractivity contribution in [3.8, 4) is 0 Å². The molecule has 1 unspecified atom stereocenters. The van der Waals surface area contributed by atoms with Crippen LogP contribution in [0, 0.1) is 17.6 Å². The van der Waals surface area contributed by atoms with Gasteiger partial charge in [0.1, 0.15) is 11.6 Å². The largest absolute Gasteiger partial charge is 0.329 e. The third-order valence-corrected chi connectivity index (χ3v) is 3.45. The Hall–Kier alpha value is -1.00. The van der Waals surface area contributed by atoms with E-state index in [-0.39, 0.29) is 6.04 Å². The van der Waals surface area contributed by atoms with Crippen LogP contribution in [-0.2, 0) is 0 Å². The zero-order valence-electron chi connectivity index (χ0n) is 10.5. The molecule has 1 fully saturated rings. The number of benzene rings is 1. The molecule has 18 heavy (non-hydrogen) atoms. The number of rotatable bonds is 7. The predicted octanol–water partition coefficient (Wildman–Crippen LogP) is 2.74. The normalized spacial score (nSPS) is 16.8. The lowest BCUT2D eigenvalue weighted by Crippen LogP contribution is -2.29. The highest BCUT2D eigenvalue weighted by Gasteiger charge is 2.20. The Morgan fingerprint density at radius 2 is 2.11 bits per heavy atom. The monoisotopic (exact) mass is 254 g/mol. The van der Waals surface area contributed by atoms with E-state index in [0.717, 1.165) is 24.9 Å². The summed E-state index contributed by atoms with van der Waals surface area (Å²) >= 11 is 0. The maximum Gasteiger partial charge on any atom is 0.130 e. The molecule has 2 rings (SSSR count). The van der Waals surface area contributed by atoms with E-state index >= 15 is 0 Å². The van der Waals surface area contributed by atoms with Gasteiger partial charge in [-0.3, -0.25) is 0 Å². The summed E-state index contributed by atoms with van der Waals surface area (Å²) in [6.07, 6.45) is 5.03. The highest BCUT2D eigenvalue weighted by atomic mass is 19.1. The molecule has 1 saturated carbocycles. The standard InChI is InChI=1S/C14H20F2N2/c15-11-5-6-12(13(16)8-11)14(9-17)18-7-1-2-10-3-4-10/h5-6,8,10,14,18H,1-4,7,9,17H2. The molecule has 1 aliphatic carbocycles. The van der Waals surface area contributed by atoms with Crippen LogP contribution in [-0.4, -0.2) is 13.1 Å². The number of nitrogens with two attached hydrogens (primary N) is 1. The molecule has 0 saturated heterocycles. The molecule has 2 nitrogen and oxygen atoms in total. The summed E-state index contributed by atoms with van der Waals surface area (Å²) in [7, 11) is 0. The zero-order chi connectivity index (χ0) is 13.0. The average Bonchev–Trinajstić information content (AvgIpc) is 3.15. The van der Waals surface area contributed by atoms with Gasteiger partial charge in [0.25, 0.3) is 0 Å². The lowest BCUT2D eigenvalue weighted by atomic mass is 10.1. The molecule has 1 aromatic carbocycles. The molecule has 0 aliphatic heterocycles. The second-order valence-electron chi connectivity index (χ2n) is 4.99. The number of nitrogens with one attached hydrogen (secondary N) is 1. The molecule has 0 bridgehead atoms. The quantitative estimate of drug-likeness (QED) is 0.734. The molecule has 0 aromatic heterocycles. The van der Waals surface area contributed by atoms with E-state index in [1.807, 2.05) is 0 Å². The van der Waals surface area contributed by atoms with Gasteiger partial charge in [0.2, 0.25) is 0 Å². The van der Waals surface area contributed by atoms with Gasteiger partial charge in [-0.1, -0.05) is 18.9 Å². The Balaban J connectivity index is 1.85. The Morgan fingerprint density at radius 3 is 2.72 bits per heavy atom. The van der Waals surface area contributed by atoms with Gasteiger partial charge in [0, 0.05) is 24.2 Å². The first kappa shape index (κ1) is 13.4. The summed E-state index contributed by atoms with van der Waals surface area (Å²) in [5.74, 6) is -0.174. The molecule has 1 atom stereocenters. The lowest BCUT2D eigenvalue weighted by Gasteiger charge is -2.18. The van der Waals surface area contributed by atoms with Gasteiger partial charge in [-0.2, -0.15) is 0 Å². The van der Waals surface area contributed by atoms with Crippen LogP contribution in [0.1, 0.15) is 37.3 Å². The molecule has 0 radical (unpaired) electrons. The van der Waals surface area contributed by atoms with E-state index in [4.69, 9.17) is 5.73 Å². The predicted molar refractivity (Wildman–Crippen MR) is 68.1 cm³/mol. The maximum atomic E-state index is 13.6. The van der Waals surface area contributed by atoms with E-state index in [9.17, 15) is 8.78 Å². The number of hydrogen-bond acceptors (Lipinski definition) is 2. The Bertz CT molecular complexity index is 391. The van der Waals surface area contributed by atoms with Crippen LogP contribution in [0.2, 0.25) is 0 Å². The van der Waals surface area contributed by atoms with Gasteiger partial charge in [-0.05, 0) is 31.4 Å². The molecule has 100 valence electrons. The van der Waals surface area contributed by atoms with Crippen molar-refractivity contribution in [2.45, 2.75) is 31.7 Å². The van der Waals surface area contributed by atoms with Crippen molar-refractivity contribution in [1.82, 2.24) is 5.32 Å². The minimum atomic E-state index is -0.555. The van der Waals surface area contributed by atoms with Crippen molar-refractivity contribution in [2.24, 2.45) is 11.7 Å². The van der Waals surface area contributed by atoms with Crippen LogP contribution in [0.25, 0.3) is 0 Å².